The van der Waals surface area contributed by atoms with Gasteiger partial charge in [0.1, 0.15) is 0 Å². The molecule has 2 amide bonds. The average molecular weight is 281 g/mol. The molecule has 0 spiro atoms. The molecular weight excluding hydrogens is 266 g/mol. The van der Waals surface area contributed by atoms with E-state index in [1.807, 2.05) is 18.2 Å². The van der Waals surface area contributed by atoms with E-state index in [0.29, 0.717) is 24.2 Å². The molecule has 0 unspecified atom stereocenters. The zero-order valence-corrected chi connectivity index (χ0v) is 11.3. The van der Waals surface area contributed by atoms with Gasteiger partial charge in [0.25, 0.3) is 5.91 Å². The van der Waals surface area contributed by atoms with Crippen LogP contribution in [0.25, 0.3) is 0 Å². The Bertz CT molecular complexity index is 708. The summed E-state index contributed by atoms with van der Waals surface area (Å²) in [7, 11) is 0. The Labute approximate surface area is 122 Å². The SMILES string of the molecule is Nc1ccc(CNC(=O)c2ccc3c(c2)NC(=O)C3)cc1. The van der Waals surface area contributed by atoms with Gasteiger partial charge >= 0.3 is 0 Å². The van der Waals surface area contributed by atoms with Crippen molar-refractivity contribution in [2.75, 3.05) is 11.1 Å². The Kier molecular flexibility index (Phi) is 3.31. The third-order valence-corrected chi connectivity index (χ3v) is 3.43. The van der Waals surface area contributed by atoms with Gasteiger partial charge in [0.2, 0.25) is 5.91 Å². The van der Waals surface area contributed by atoms with Crippen molar-refractivity contribution in [2.45, 2.75) is 13.0 Å². The van der Waals surface area contributed by atoms with Gasteiger partial charge in [-0.1, -0.05) is 18.2 Å². The molecule has 0 bridgehead atoms. The van der Waals surface area contributed by atoms with Crippen molar-refractivity contribution in [3.8, 4) is 0 Å². The highest BCUT2D eigenvalue weighted by atomic mass is 16.2. The lowest BCUT2D eigenvalue weighted by atomic mass is 10.1. The van der Waals surface area contributed by atoms with Crippen molar-refractivity contribution in [3.63, 3.8) is 0 Å². The topological polar surface area (TPSA) is 84.2 Å². The summed E-state index contributed by atoms with van der Waals surface area (Å²) in [5.41, 5.74) is 9.47. The van der Waals surface area contributed by atoms with E-state index in [0.717, 1.165) is 16.8 Å². The first-order chi connectivity index (χ1) is 10.1. The molecule has 5 heteroatoms. The van der Waals surface area contributed by atoms with Crippen LogP contribution in [0.1, 0.15) is 21.5 Å². The van der Waals surface area contributed by atoms with Crippen LogP contribution in [-0.4, -0.2) is 11.8 Å². The Hall–Kier alpha value is -2.82. The number of carbonyl (C=O) groups is 2. The summed E-state index contributed by atoms with van der Waals surface area (Å²) in [4.78, 5) is 23.4. The average Bonchev–Trinajstić information content (AvgIpc) is 2.85. The van der Waals surface area contributed by atoms with Crippen LogP contribution in [-0.2, 0) is 17.8 Å². The molecule has 3 rings (SSSR count). The molecule has 0 saturated carbocycles. The second-order valence-corrected chi connectivity index (χ2v) is 5.02. The number of hydrogen-bond donors (Lipinski definition) is 3. The lowest BCUT2D eigenvalue weighted by Crippen LogP contribution is -2.22. The number of nitrogens with one attached hydrogen (secondary N) is 2. The number of amides is 2. The summed E-state index contributed by atoms with van der Waals surface area (Å²) in [6.07, 6.45) is 0.378. The van der Waals surface area contributed by atoms with Crippen molar-refractivity contribution >= 4 is 23.2 Å². The van der Waals surface area contributed by atoms with Gasteiger partial charge in [0.05, 0.1) is 6.42 Å². The quantitative estimate of drug-likeness (QED) is 0.749. The van der Waals surface area contributed by atoms with E-state index >= 15 is 0 Å². The van der Waals surface area contributed by atoms with Gasteiger partial charge in [0.15, 0.2) is 0 Å². The smallest absolute Gasteiger partial charge is 0.251 e. The first-order valence-corrected chi connectivity index (χ1v) is 6.67. The van der Waals surface area contributed by atoms with E-state index < -0.39 is 0 Å². The maximum atomic E-state index is 12.1. The normalized spacial score (nSPS) is 12.7. The van der Waals surface area contributed by atoms with Crippen LogP contribution in [0.15, 0.2) is 42.5 Å². The van der Waals surface area contributed by atoms with Gasteiger partial charge < -0.3 is 16.4 Å². The molecule has 0 aromatic heterocycles. The Morgan fingerprint density at radius 2 is 1.95 bits per heavy atom. The molecule has 0 fully saturated rings. The molecule has 0 radical (unpaired) electrons. The number of hydrogen-bond acceptors (Lipinski definition) is 3. The number of nitrogens with two attached hydrogens (primary N) is 1. The first-order valence-electron chi connectivity index (χ1n) is 6.67. The second kappa shape index (κ2) is 5.28. The van der Waals surface area contributed by atoms with E-state index in [1.54, 1.807) is 24.3 Å². The number of rotatable bonds is 3. The molecule has 106 valence electrons. The highest BCUT2D eigenvalue weighted by Gasteiger charge is 2.18. The standard InChI is InChI=1S/C16H15N3O2/c17-13-5-1-10(2-6-13)9-18-16(21)12-4-3-11-8-15(20)19-14(11)7-12/h1-7H,8-9,17H2,(H,18,21)(H,19,20). The Morgan fingerprint density at radius 3 is 2.71 bits per heavy atom. The van der Waals surface area contributed by atoms with Crippen LogP contribution < -0.4 is 16.4 Å². The predicted molar refractivity (Wildman–Crippen MR) is 80.8 cm³/mol. The van der Waals surface area contributed by atoms with E-state index in [1.165, 1.54) is 0 Å². The van der Waals surface area contributed by atoms with Crippen molar-refractivity contribution in [2.24, 2.45) is 0 Å². The van der Waals surface area contributed by atoms with Gasteiger partial charge in [0, 0.05) is 23.5 Å². The first kappa shape index (κ1) is 13.2. The molecule has 0 atom stereocenters. The molecule has 1 heterocycles. The second-order valence-electron chi connectivity index (χ2n) is 5.02. The van der Waals surface area contributed by atoms with Crippen LogP contribution >= 0.6 is 0 Å². The Morgan fingerprint density at radius 1 is 1.19 bits per heavy atom. The molecule has 2 aromatic rings. The van der Waals surface area contributed by atoms with E-state index in [2.05, 4.69) is 10.6 Å². The van der Waals surface area contributed by atoms with Crippen LogP contribution in [0.5, 0.6) is 0 Å². The summed E-state index contributed by atoms with van der Waals surface area (Å²) in [5, 5.41) is 5.58. The number of carbonyl (C=O) groups excluding carboxylic acids is 2. The largest absolute Gasteiger partial charge is 0.399 e. The molecule has 5 nitrogen and oxygen atoms in total. The van der Waals surface area contributed by atoms with Gasteiger partial charge in [-0.3, -0.25) is 9.59 Å². The molecule has 1 aliphatic heterocycles. The highest BCUT2D eigenvalue weighted by Crippen LogP contribution is 2.23. The third kappa shape index (κ3) is 2.86. The third-order valence-electron chi connectivity index (χ3n) is 3.43. The van der Waals surface area contributed by atoms with Crippen molar-refractivity contribution in [1.29, 1.82) is 0 Å². The van der Waals surface area contributed by atoms with Crippen molar-refractivity contribution in [3.05, 3.63) is 59.2 Å². The maximum absolute atomic E-state index is 12.1. The number of anilines is 2. The zero-order valence-electron chi connectivity index (χ0n) is 11.3. The minimum absolute atomic E-state index is 0.0376. The predicted octanol–water partition coefficient (Wildman–Crippen LogP) is 1.69. The fourth-order valence-corrected chi connectivity index (χ4v) is 2.28. The van der Waals surface area contributed by atoms with Gasteiger partial charge in [-0.15, -0.1) is 0 Å². The van der Waals surface area contributed by atoms with E-state index in [-0.39, 0.29) is 11.8 Å². The minimum Gasteiger partial charge on any atom is -0.399 e. The molecule has 2 aromatic carbocycles. The number of nitrogen functional groups attached to an aromatic ring is 1. The molecule has 0 saturated heterocycles. The number of fused-ring (bicyclic) bond motifs is 1. The molecule has 1 aliphatic rings. The lowest BCUT2D eigenvalue weighted by Gasteiger charge is -2.07. The molecule has 0 aliphatic carbocycles. The fraction of sp³-hybridized carbons (Fsp3) is 0.125. The summed E-state index contributed by atoms with van der Waals surface area (Å²) in [6.45, 7) is 0.433. The summed E-state index contributed by atoms with van der Waals surface area (Å²) < 4.78 is 0. The van der Waals surface area contributed by atoms with Crippen LogP contribution in [0, 0.1) is 0 Å². The molecular formula is C16H15N3O2. The summed E-state index contributed by atoms with van der Waals surface area (Å²) in [6, 6.07) is 12.6. The lowest BCUT2D eigenvalue weighted by molar-refractivity contribution is -0.115. The van der Waals surface area contributed by atoms with Gasteiger partial charge in [-0.2, -0.15) is 0 Å². The van der Waals surface area contributed by atoms with Crippen LogP contribution in [0.4, 0.5) is 11.4 Å². The fourth-order valence-electron chi connectivity index (χ4n) is 2.28. The Balaban J connectivity index is 1.67. The van der Waals surface area contributed by atoms with E-state index in [4.69, 9.17) is 5.73 Å². The van der Waals surface area contributed by atoms with Crippen molar-refractivity contribution < 1.29 is 9.59 Å². The highest BCUT2D eigenvalue weighted by molar-refractivity contribution is 6.02. The van der Waals surface area contributed by atoms with Gasteiger partial charge in [-0.05, 0) is 35.4 Å². The van der Waals surface area contributed by atoms with Gasteiger partial charge in [-0.25, -0.2) is 0 Å². The summed E-state index contributed by atoms with van der Waals surface area (Å²) >= 11 is 0. The molecule has 4 N–H and O–H groups in total. The maximum Gasteiger partial charge on any atom is 0.251 e. The number of benzene rings is 2. The van der Waals surface area contributed by atoms with E-state index in [9.17, 15) is 9.59 Å². The summed E-state index contributed by atoms with van der Waals surface area (Å²) in [5.74, 6) is -0.208. The monoisotopic (exact) mass is 281 g/mol. The zero-order chi connectivity index (χ0) is 14.8. The van der Waals surface area contributed by atoms with Crippen LogP contribution in [0.2, 0.25) is 0 Å². The van der Waals surface area contributed by atoms with Crippen molar-refractivity contribution in [1.82, 2.24) is 5.32 Å². The molecule has 21 heavy (non-hydrogen) atoms. The minimum atomic E-state index is -0.171. The van der Waals surface area contributed by atoms with Crippen LogP contribution in [0.3, 0.4) is 0 Å².